The van der Waals surface area contributed by atoms with E-state index in [4.69, 9.17) is 14.2 Å². The average Bonchev–Trinajstić information content (AvgIpc) is 2.73. The molecule has 0 bridgehead atoms. The van der Waals surface area contributed by atoms with Crippen molar-refractivity contribution >= 4 is 0 Å². The number of allylic oxidation sites excluding steroid dienone is 4. The van der Waals surface area contributed by atoms with Crippen LogP contribution in [0.25, 0.3) is 0 Å². The van der Waals surface area contributed by atoms with Gasteiger partial charge in [0.2, 0.25) is 0 Å². The number of aliphatic hydroxyl groups is 2. The molecule has 0 unspecified atom stereocenters. The van der Waals surface area contributed by atoms with Crippen LogP contribution in [0.3, 0.4) is 0 Å². The molecule has 34 heavy (non-hydrogen) atoms. The number of halogens is 7. The first-order valence-electron chi connectivity index (χ1n) is 9.91. The summed E-state index contributed by atoms with van der Waals surface area (Å²) in [7, 11) is 0. The molecule has 1 aliphatic heterocycles. The van der Waals surface area contributed by atoms with Gasteiger partial charge in [0.05, 0.1) is 24.9 Å². The molecule has 1 saturated heterocycles. The van der Waals surface area contributed by atoms with E-state index in [0.717, 1.165) is 6.08 Å². The third-order valence-corrected chi connectivity index (χ3v) is 4.70. The maximum absolute atomic E-state index is 13.1. The van der Waals surface area contributed by atoms with Crippen LogP contribution in [0.5, 0.6) is 0 Å². The summed E-state index contributed by atoms with van der Waals surface area (Å²) in [6, 6.07) is 5.20. The summed E-state index contributed by atoms with van der Waals surface area (Å²) in [6.07, 6.45) is -15.5. The summed E-state index contributed by atoms with van der Waals surface area (Å²) in [4.78, 5) is 0. The highest BCUT2D eigenvalue weighted by molar-refractivity contribution is 5.34. The van der Waals surface area contributed by atoms with Crippen molar-refractivity contribution in [1.29, 1.82) is 0 Å². The second-order valence-corrected chi connectivity index (χ2v) is 7.48. The van der Waals surface area contributed by atoms with Crippen LogP contribution in [-0.4, -0.2) is 59.9 Å². The Bertz CT molecular complexity index is 877. The molecule has 0 aromatic heterocycles. The lowest BCUT2D eigenvalue weighted by Crippen LogP contribution is -2.55. The van der Waals surface area contributed by atoms with E-state index in [2.05, 4.69) is 6.58 Å². The lowest BCUT2D eigenvalue weighted by molar-refractivity contribution is -0.289. The number of hydrogen-bond acceptors (Lipinski definition) is 5. The summed E-state index contributed by atoms with van der Waals surface area (Å²) in [5.74, 6) is -0.479. The normalized spacial score (nSPS) is 25.5. The van der Waals surface area contributed by atoms with Gasteiger partial charge in [-0.3, -0.25) is 0 Å². The Labute approximate surface area is 190 Å². The number of ether oxygens (including phenoxy) is 3. The van der Waals surface area contributed by atoms with Crippen molar-refractivity contribution in [3.63, 3.8) is 0 Å². The zero-order valence-electron chi connectivity index (χ0n) is 17.8. The van der Waals surface area contributed by atoms with Crippen molar-refractivity contribution in [2.24, 2.45) is 0 Å². The first kappa shape index (κ1) is 28.0. The standard InChI is InChI=1S/C22H23F7O5/c1-12(21(24,25)26)9-15(22(27,28)29)6-3-13(2)34-20-19(18(31)17(30)11-33-20)32-10-14-4-7-16(23)8-5-14/h3-9,13,17-20,30-31H,1,10-11H2,2H3/b6-3+,15-9+/t13-,17+,18+,19-,20+/m1/s1. The fraction of sp³-hybridized carbons (Fsp3) is 0.455. The maximum Gasteiger partial charge on any atom is 0.416 e. The van der Waals surface area contributed by atoms with Crippen LogP contribution in [0.1, 0.15) is 12.5 Å². The average molecular weight is 500 g/mol. The van der Waals surface area contributed by atoms with Gasteiger partial charge in [-0.15, -0.1) is 0 Å². The van der Waals surface area contributed by atoms with Crippen LogP contribution in [0.2, 0.25) is 0 Å². The molecular formula is C22H23F7O5. The molecule has 5 nitrogen and oxygen atoms in total. The molecule has 0 spiro atoms. The van der Waals surface area contributed by atoms with Crippen LogP contribution < -0.4 is 0 Å². The van der Waals surface area contributed by atoms with Crippen molar-refractivity contribution in [2.75, 3.05) is 6.61 Å². The molecule has 5 atom stereocenters. The summed E-state index contributed by atoms with van der Waals surface area (Å²) < 4.78 is 106. The Balaban J connectivity index is 2.11. The van der Waals surface area contributed by atoms with E-state index in [0.29, 0.717) is 11.6 Å². The van der Waals surface area contributed by atoms with Crippen LogP contribution in [0.15, 0.2) is 60.2 Å². The molecule has 1 heterocycles. The van der Waals surface area contributed by atoms with Crippen molar-refractivity contribution in [2.45, 2.75) is 56.6 Å². The molecule has 1 aromatic rings. The Morgan fingerprint density at radius 1 is 1.15 bits per heavy atom. The molecule has 1 fully saturated rings. The topological polar surface area (TPSA) is 68.2 Å². The second kappa shape index (κ2) is 11.5. The number of benzene rings is 1. The Hall–Kier alpha value is -2.25. The van der Waals surface area contributed by atoms with Crippen molar-refractivity contribution in [1.82, 2.24) is 0 Å². The number of aliphatic hydroxyl groups excluding tert-OH is 2. The third-order valence-electron chi connectivity index (χ3n) is 4.70. The van der Waals surface area contributed by atoms with Crippen LogP contribution >= 0.6 is 0 Å². The van der Waals surface area contributed by atoms with Gasteiger partial charge in [0.1, 0.15) is 24.1 Å². The predicted octanol–water partition coefficient (Wildman–Crippen LogP) is 4.36. The predicted molar refractivity (Wildman–Crippen MR) is 106 cm³/mol. The Kier molecular flexibility index (Phi) is 9.43. The fourth-order valence-electron chi connectivity index (χ4n) is 2.82. The van der Waals surface area contributed by atoms with E-state index in [1.807, 2.05) is 0 Å². The molecule has 190 valence electrons. The minimum atomic E-state index is -5.09. The molecule has 0 amide bonds. The molecule has 0 radical (unpaired) electrons. The van der Waals surface area contributed by atoms with Gasteiger partial charge in [-0.05, 0) is 30.7 Å². The first-order valence-corrected chi connectivity index (χ1v) is 9.91. The second-order valence-electron chi connectivity index (χ2n) is 7.48. The highest BCUT2D eigenvalue weighted by Gasteiger charge is 2.41. The van der Waals surface area contributed by atoms with E-state index >= 15 is 0 Å². The first-order chi connectivity index (χ1) is 15.7. The highest BCUT2D eigenvalue weighted by atomic mass is 19.4. The van der Waals surface area contributed by atoms with Crippen molar-refractivity contribution in [3.05, 3.63) is 71.6 Å². The minimum Gasteiger partial charge on any atom is -0.388 e. The molecule has 1 aromatic carbocycles. The highest BCUT2D eigenvalue weighted by Crippen LogP contribution is 2.32. The number of rotatable bonds is 8. The molecule has 1 aliphatic rings. The lowest BCUT2D eigenvalue weighted by Gasteiger charge is -2.38. The molecule has 2 N–H and O–H groups in total. The van der Waals surface area contributed by atoms with Gasteiger partial charge in [-0.1, -0.05) is 30.9 Å². The van der Waals surface area contributed by atoms with Gasteiger partial charge < -0.3 is 24.4 Å². The summed E-state index contributed by atoms with van der Waals surface area (Å²) >= 11 is 0. The van der Waals surface area contributed by atoms with Gasteiger partial charge in [0, 0.05) is 5.57 Å². The molecule has 2 rings (SSSR count). The quantitative estimate of drug-likeness (QED) is 0.410. The van der Waals surface area contributed by atoms with Gasteiger partial charge in [0.15, 0.2) is 6.29 Å². The van der Waals surface area contributed by atoms with Gasteiger partial charge in [-0.25, -0.2) is 4.39 Å². The zero-order valence-corrected chi connectivity index (χ0v) is 17.8. The summed E-state index contributed by atoms with van der Waals surface area (Å²) in [5.41, 5.74) is -2.76. The van der Waals surface area contributed by atoms with Crippen molar-refractivity contribution in [3.8, 4) is 0 Å². The van der Waals surface area contributed by atoms with E-state index in [1.54, 1.807) is 0 Å². The van der Waals surface area contributed by atoms with Gasteiger partial charge in [0.25, 0.3) is 0 Å². The smallest absolute Gasteiger partial charge is 0.388 e. The zero-order chi connectivity index (χ0) is 25.7. The maximum atomic E-state index is 13.1. The molecule has 0 saturated carbocycles. The molecule has 0 aliphatic carbocycles. The van der Waals surface area contributed by atoms with Crippen LogP contribution in [0, 0.1) is 5.82 Å². The number of alkyl halides is 6. The molecular weight excluding hydrogens is 477 g/mol. The van der Waals surface area contributed by atoms with E-state index < -0.39 is 60.0 Å². The lowest BCUT2D eigenvalue weighted by atomic mass is 10.0. The summed E-state index contributed by atoms with van der Waals surface area (Å²) in [6.45, 7) is 3.39. The minimum absolute atomic E-state index is 0.130. The van der Waals surface area contributed by atoms with Crippen molar-refractivity contribution < 1.29 is 55.2 Å². The third kappa shape index (κ3) is 8.20. The van der Waals surface area contributed by atoms with Gasteiger partial charge in [-0.2, -0.15) is 26.3 Å². The fourth-order valence-corrected chi connectivity index (χ4v) is 2.82. The summed E-state index contributed by atoms with van der Waals surface area (Å²) in [5, 5.41) is 20.1. The van der Waals surface area contributed by atoms with Crippen LogP contribution in [-0.2, 0) is 20.8 Å². The number of hydrogen-bond donors (Lipinski definition) is 2. The van der Waals surface area contributed by atoms with Crippen LogP contribution in [0.4, 0.5) is 30.7 Å². The van der Waals surface area contributed by atoms with E-state index in [-0.39, 0.29) is 19.3 Å². The van der Waals surface area contributed by atoms with E-state index in [9.17, 15) is 40.9 Å². The SMILES string of the molecule is C=C(/C=C(\C=C\[C@@H](C)O[C@@H]1OC[C@H](O)[C@H](O)[C@H]1OCc1ccc(F)cc1)C(F)(F)F)C(F)(F)F. The van der Waals surface area contributed by atoms with Gasteiger partial charge >= 0.3 is 12.4 Å². The molecule has 12 heteroatoms. The Morgan fingerprint density at radius 2 is 1.76 bits per heavy atom. The van der Waals surface area contributed by atoms with E-state index in [1.165, 1.54) is 31.2 Å². The Morgan fingerprint density at radius 3 is 2.32 bits per heavy atom. The monoisotopic (exact) mass is 500 g/mol. The largest absolute Gasteiger partial charge is 0.416 e.